The highest BCUT2D eigenvalue weighted by atomic mass is 79.9. The van der Waals surface area contributed by atoms with E-state index in [-0.39, 0.29) is 46.9 Å². The van der Waals surface area contributed by atoms with Crippen molar-refractivity contribution in [1.82, 2.24) is 10.2 Å². The molecule has 28 heavy (non-hydrogen) atoms. The van der Waals surface area contributed by atoms with Gasteiger partial charge in [0.2, 0.25) is 5.91 Å². The van der Waals surface area contributed by atoms with Gasteiger partial charge in [-0.15, -0.1) is 17.0 Å². The van der Waals surface area contributed by atoms with Crippen LogP contribution >= 0.6 is 40.2 Å². The molecule has 0 radical (unpaired) electrons. The standard InChI is InChI=1S/C20H22Cl2N2O3.BrH/c21-15-5-3-13(9-16(15)22)10-20(27)23-17(12-24-7-1-2-8-24)14-4-6-18(25)19(26)11-14;/h3-6,9,11,17,25-26H,1-2,7-8,10,12H2,(H,23,27);1H. The first kappa shape index (κ1) is 22.8. The number of amides is 1. The van der Waals surface area contributed by atoms with Crippen molar-refractivity contribution in [3.8, 4) is 11.5 Å². The number of halogens is 3. The second kappa shape index (κ2) is 10.3. The second-order valence-corrected chi connectivity index (χ2v) is 7.62. The number of carbonyl (C=O) groups excluding carboxylic acids is 1. The van der Waals surface area contributed by atoms with Gasteiger partial charge in [0.1, 0.15) is 0 Å². The Kier molecular flexibility index (Phi) is 8.43. The SMILES string of the molecule is Br.O=C(Cc1ccc(Cl)c(Cl)c1)NC(CN1CCCC1)c1ccc(O)c(O)c1. The predicted molar refractivity (Wildman–Crippen MR) is 117 cm³/mol. The van der Waals surface area contributed by atoms with Crippen LogP contribution in [0.3, 0.4) is 0 Å². The molecule has 1 amide bonds. The minimum atomic E-state index is -0.287. The number of phenolic OH excluding ortho intramolecular Hbond substituents is 2. The van der Waals surface area contributed by atoms with Crippen molar-refractivity contribution in [3.05, 3.63) is 57.6 Å². The third-order valence-corrected chi connectivity index (χ3v) is 5.46. The maximum absolute atomic E-state index is 12.6. The van der Waals surface area contributed by atoms with E-state index in [0.29, 0.717) is 16.6 Å². The minimum absolute atomic E-state index is 0. The fourth-order valence-corrected chi connectivity index (χ4v) is 3.62. The van der Waals surface area contributed by atoms with Crippen LogP contribution in [0.2, 0.25) is 10.0 Å². The Hall–Kier alpha value is -1.47. The van der Waals surface area contributed by atoms with Crippen molar-refractivity contribution in [2.24, 2.45) is 0 Å². The molecule has 3 N–H and O–H groups in total. The Balaban J connectivity index is 0.00000280. The summed E-state index contributed by atoms with van der Waals surface area (Å²) in [4.78, 5) is 14.9. The zero-order chi connectivity index (χ0) is 19.4. The van der Waals surface area contributed by atoms with Crippen LogP contribution < -0.4 is 5.32 Å². The molecule has 5 nitrogen and oxygen atoms in total. The Morgan fingerprint density at radius 1 is 1.04 bits per heavy atom. The zero-order valence-electron chi connectivity index (χ0n) is 15.2. The molecule has 2 aromatic rings. The van der Waals surface area contributed by atoms with Gasteiger partial charge in [0.15, 0.2) is 11.5 Å². The molecule has 152 valence electrons. The van der Waals surface area contributed by atoms with Crippen LogP contribution in [-0.2, 0) is 11.2 Å². The summed E-state index contributed by atoms with van der Waals surface area (Å²) in [6.07, 6.45) is 2.47. The average molecular weight is 490 g/mol. The Morgan fingerprint density at radius 3 is 2.39 bits per heavy atom. The fourth-order valence-electron chi connectivity index (χ4n) is 3.30. The molecule has 1 saturated heterocycles. The third-order valence-electron chi connectivity index (χ3n) is 4.73. The summed E-state index contributed by atoms with van der Waals surface area (Å²) in [5.41, 5.74) is 1.52. The highest BCUT2D eigenvalue weighted by molar-refractivity contribution is 8.93. The van der Waals surface area contributed by atoms with Crippen molar-refractivity contribution < 1.29 is 15.0 Å². The van der Waals surface area contributed by atoms with E-state index >= 15 is 0 Å². The number of hydrogen-bond acceptors (Lipinski definition) is 4. The van der Waals surface area contributed by atoms with Crippen molar-refractivity contribution in [2.45, 2.75) is 25.3 Å². The van der Waals surface area contributed by atoms with E-state index in [9.17, 15) is 15.0 Å². The van der Waals surface area contributed by atoms with Gasteiger partial charge < -0.3 is 20.4 Å². The number of benzene rings is 2. The lowest BCUT2D eigenvalue weighted by Gasteiger charge is -2.25. The lowest BCUT2D eigenvalue weighted by molar-refractivity contribution is -0.121. The second-order valence-electron chi connectivity index (χ2n) is 6.80. The summed E-state index contributed by atoms with van der Waals surface area (Å²) in [7, 11) is 0. The first-order chi connectivity index (χ1) is 12.9. The Labute approximate surface area is 185 Å². The molecule has 0 aliphatic carbocycles. The Morgan fingerprint density at radius 2 is 1.75 bits per heavy atom. The zero-order valence-corrected chi connectivity index (χ0v) is 18.4. The van der Waals surface area contributed by atoms with Gasteiger partial charge in [-0.1, -0.05) is 35.3 Å². The van der Waals surface area contributed by atoms with Crippen molar-refractivity contribution >= 4 is 46.1 Å². The number of likely N-dealkylation sites (tertiary alicyclic amines) is 1. The van der Waals surface area contributed by atoms with E-state index in [1.807, 2.05) is 0 Å². The maximum atomic E-state index is 12.6. The molecule has 3 rings (SSSR count). The van der Waals surface area contributed by atoms with Gasteiger partial charge in [-0.25, -0.2) is 0 Å². The molecule has 1 unspecified atom stereocenters. The van der Waals surface area contributed by atoms with Crippen LogP contribution in [0.15, 0.2) is 36.4 Å². The average Bonchev–Trinajstić information content (AvgIpc) is 3.13. The number of hydrogen-bond donors (Lipinski definition) is 3. The van der Waals surface area contributed by atoms with Crippen LogP contribution in [-0.4, -0.2) is 40.7 Å². The smallest absolute Gasteiger partial charge is 0.224 e. The molecule has 2 aromatic carbocycles. The molecule has 0 saturated carbocycles. The summed E-state index contributed by atoms with van der Waals surface area (Å²) in [6.45, 7) is 2.63. The van der Waals surface area contributed by atoms with Gasteiger partial charge in [-0.2, -0.15) is 0 Å². The van der Waals surface area contributed by atoms with E-state index in [1.165, 1.54) is 12.1 Å². The summed E-state index contributed by atoms with van der Waals surface area (Å²) in [5, 5.41) is 23.3. The van der Waals surface area contributed by atoms with Crippen LogP contribution in [0, 0.1) is 0 Å². The number of aromatic hydroxyl groups is 2. The lowest BCUT2D eigenvalue weighted by Crippen LogP contribution is -2.37. The van der Waals surface area contributed by atoms with Gasteiger partial charge >= 0.3 is 0 Å². The van der Waals surface area contributed by atoms with E-state index in [2.05, 4.69) is 10.2 Å². The van der Waals surface area contributed by atoms with Gasteiger partial charge in [0, 0.05) is 6.54 Å². The van der Waals surface area contributed by atoms with Crippen molar-refractivity contribution in [3.63, 3.8) is 0 Å². The minimum Gasteiger partial charge on any atom is -0.504 e. The van der Waals surface area contributed by atoms with Crippen LogP contribution in [0.1, 0.15) is 30.0 Å². The number of carbonyl (C=O) groups is 1. The van der Waals surface area contributed by atoms with Gasteiger partial charge in [0.25, 0.3) is 0 Å². The van der Waals surface area contributed by atoms with E-state index in [4.69, 9.17) is 23.2 Å². The van der Waals surface area contributed by atoms with E-state index in [0.717, 1.165) is 37.1 Å². The molecule has 1 aliphatic rings. The topological polar surface area (TPSA) is 72.8 Å². The van der Waals surface area contributed by atoms with E-state index < -0.39 is 0 Å². The monoisotopic (exact) mass is 488 g/mol. The highest BCUT2D eigenvalue weighted by Crippen LogP contribution is 2.29. The van der Waals surface area contributed by atoms with Crippen LogP contribution in [0.25, 0.3) is 0 Å². The molecule has 1 heterocycles. The molecular formula is C20H23BrCl2N2O3. The highest BCUT2D eigenvalue weighted by Gasteiger charge is 2.22. The molecule has 8 heteroatoms. The third kappa shape index (κ3) is 6.01. The van der Waals surface area contributed by atoms with Crippen LogP contribution in [0.4, 0.5) is 0 Å². The largest absolute Gasteiger partial charge is 0.504 e. The molecule has 1 atom stereocenters. The number of nitrogens with zero attached hydrogens (tertiary/aromatic N) is 1. The lowest BCUT2D eigenvalue weighted by atomic mass is 10.0. The summed E-state index contributed by atoms with van der Waals surface area (Å²) in [5.74, 6) is -0.524. The summed E-state index contributed by atoms with van der Waals surface area (Å²) >= 11 is 11.9. The fraction of sp³-hybridized carbons (Fsp3) is 0.350. The van der Waals surface area contributed by atoms with Gasteiger partial charge in [0.05, 0.1) is 22.5 Å². The molecule has 0 bridgehead atoms. The van der Waals surface area contributed by atoms with Crippen molar-refractivity contribution in [2.75, 3.05) is 19.6 Å². The molecule has 1 aliphatic heterocycles. The number of nitrogens with one attached hydrogen (secondary N) is 1. The normalized spacial score (nSPS) is 15.1. The predicted octanol–water partition coefficient (Wildman–Crippen LogP) is 4.48. The first-order valence-corrected chi connectivity index (χ1v) is 9.65. The van der Waals surface area contributed by atoms with Gasteiger partial charge in [-0.05, 0) is 61.3 Å². The van der Waals surface area contributed by atoms with Crippen LogP contribution in [0.5, 0.6) is 11.5 Å². The molecule has 0 spiro atoms. The quantitative estimate of drug-likeness (QED) is 0.523. The van der Waals surface area contributed by atoms with Gasteiger partial charge in [-0.3, -0.25) is 4.79 Å². The maximum Gasteiger partial charge on any atom is 0.224 e. The summed E-state index contributed by atoms with van der Waals surface area (Å²) < 4.78 is 0. The number of phenols is 2. The summed E-state index contributed by atoms with van der Waals surface area (Å²) in [6, 6.07) is 9.50. The van der Waals surface area contributed by atoms with Crippen molar-refractivity contribution in [1.29, 1.82) is 0 Å². The molecule has 0 aromatic heterocycles. The molecule has 1 fully saturated rings. The Bertz CT molecular complexity index is 829. The van der Waals surface area contributed by atoms with E-state index in [1.54, 1.807) is 24.3 Å². The molecular weight excluding hydrogens is 467 g/mol. The first-order valence-electron chi connectivity index (χ1n) is 8.90. The number of rotatable bonds is 6.